The van der Waals surface area contributed by atoms with Crippen molar-refractivity contribution in [3.8, 4) is 0 Å². The number of rotatable bonds is 3. The van der Waals surface area contributed by atoms with E-state index >= 15 is 0 Å². The summed E-state index contributed by atoms with van der Waals surface area (Å²) >= 11 is 6.70. The molecule has 0 amide bonds. The molecule has 1 saturated heterocycles. The van der Waals surface area contributed by atoms with Crippen molar-refractivity contribution in [2.24, 2.45) is 0 Å². The summed E-state index contributed by atoms with van der Waals surface area (Å²) in [6.45, 7) is 2.69. The third kappa shape index (κ3) is 2.26. The number of morpholine rings is 1. The molecule has 2 heterocycles. The van der Waals surface area contributed by atoms with Gasteiger partial charge in [0.2, 0.25) is 0 Å². The SMILES string of the molecule is O=[N+]([O-])c1sc(N2CCOCC2)nc1CCl. The van der Waals surface area contributed by atoms with Gasteiger partial charge in [0, 0.05) is 13.1 Å². The lowest BCUT2D eigenvalue weighted by Gasteiger charge is -2.25. The Morgan fingerprint density at radius 1 is 1.56 bits per heavy atom. The number of thiazole rings is 1. The summed E-state index contributed by atoms with van der Waals surface area (Å²) in [5.41, 5.74) is 0.346. The van der Waals surface area contributed by atoms with Gasteiger partial charge < -0.3 is 9.64 Å². The van der Waals surface area contributed by atoms with Crippen molar-refractivity contribution >= 4 is 33.1 Å². The van der Waals surface area contributed by atoms with Crippen molar-refractivity contribution in [2.45, 2.75) is 5.88 Å². The quantitative estimate of drug-likeness (QED) is 0.471. The maximum atomic E-state index is 10.8. The molecule has 8 heteroatoms. The molecule has 0 saturated carbocycles. The lowest BCUT2D eigenvalue weighted by Crippen LogP contribution is -2.36. The van der Waals surface area contributed by atoms with Gasteiger partial charge in [0.1, 0.15) is 5.69 Å². The van der Waals surface area contributed by atoms with Gasteiger partial charge in [-0.25, -0.2) is 4.98 Å². The number of hydrogen-bond donors (Lipinski definition) is 0. The van der Waals surface area contributed by atoms with Crippen LogP contribution in [-0.4, -0.2) is 36.2 Å². The molecule has 1 aliphatic heterocycles. The number of alkyl halides is 1. The second-order valence-electron chi connectivity index (χ2n) is 3.24. The van der Waals surface area contributed by atoms with E-state index in [1.807, 2.05) is 4.90 Å². The van der Waals surface area contributed by atoms with E-state index < -0.39 is 4.92 Å². The van der Waals surface area contributed by atoms with Crippen LogP contribution in [0, 0.1) is 10.1 Å². The highest BCUT2D eigenvalue weighted by atomic mass is 35.5. The largest absolute Gasteiger partial charge is 0.378 e. The van der Waals surface area contributed by atoms with Gasteiger partial charge >= 0.3 is 5.00 Å². The molecule has 16 heavy (non-hydrogen) atoms. The minimum Gasteiger partial charge on any atom is -0.378 e. The molecule has 0 spiro atoms. The van der Waals surface area contributed by atoms with Gasteiger partial charge in [-0.3, -0.25) is 10.1 Å². The van der Waals surface area contributed by atoms with Gasteiger partial charge in [-0.2, -0.15) is 0 Å². The predicted octanol–water partition coefficient (Wildman–Crippen LogP) is 1.63. The summed E-state index contributed by atoms with van der Waals surface area (Å²) in [4.78, 5) is 16.5. The molecule has 0 aliphatic carbocycles. The van der Waals surface area contributed by atoms with Crippen molar-refractivity contribution < 1.29 is 9.66 Å². The summed E-state index contributed by atoms with van der Waals surface area (Å²) in [5, 5.41) is 11.4. The molecule has 1 aliphatic rings. The summed E-state index contributed by atoms with van der Waals surface area (Å²) in [7, 11) is 0. The van der Waals surface area contributed by atoms with Gasteiger partial charge in [-0.1, -0.05) is 0 Å². The smallest absolute Gasteiger partial charge is 0.350 e. The first-order valence-corrected chi connectivity index (χ1v) is 6.10. The van der Waals surface area contributed by atoms with Crippen LogP contribution in [0.4, 0.5) is 10.1 Å². The van der Waals surface area contributed by atoms with E-state index in [4.69, 9.17) is 16.3 Å². The number of anilines is 1. The van der Waals surface area contributed by atoms with Gasteiger partial charge in [0.25, 0.3) is 0 Å². The maximum Gasteiger partial charge on any atom is 0.350 e. The fraction of sp³-hybridized carbons (Fsp3) is 0.625. The molecule has 0 aromatic carbocycles. The van der Waals surface area contributed by atoms with Crippen LogP contribution in [0.3, 0.4) is 0 Å². The number of ether oxygens (including phenoxy) is 1. The third-order valence-electron chi connectivity index (χ3n) is 2.24. The number of nitrogens with zero attached hydrogens (tertiary/aromatic N) is 3. The van der Waals surface area contributed by atoms with E-state index in [-0.39, 0.29) is 10.9 Å². The second kappa shape index (κ2) is 4.94. The van der Waals surface area contributed by atoms with Crippen LogP contribution in [0.5, 0.6) is 0 Å². The molecule has 0 unspecified atom stereocenters. The summed E-state index contributed by atoms with van der Waals surface area (Å²) in [5.74, 6) is 0.0666. The Balaban J connectivity index is 2.24. The zero-order valence-electron chi connectivity index (χ0n) is 8.39. The molecule has 0 N–H and O–H groups in total. The first-order valence-electron chi connectivity index (χ1n) is 4.75. The van der Waals surface area contributed by atoms with Crippen LogP contribution < -0.4 is 4.90 Å². The first-order chi connectivity index (χ1) is 7.72. The fourth-order valence-electron chi connectivity index (χ4n) is 1.45. The lowest BCUT2D eigenvalue weighted by molar-refractivity contribution is -0.381. The number of nitro groups is 1. The third-order valence-corrected chi connectivity index (χ3v) is 3.60. The van der Waals surface area contributed by atoms with Crippen LogP contribution in [0.15, 0.2) is 0 Å². The number of aromatic nitrogens is 1. The topological polar surface area (TPSA) is 68.5 Å². The molecule has 0 bridgehead atoms. The monoisotopic (exact) mass is 263 g/mol. The average molecular weight is 264 g/mol. The maximum absolute atomic E-state index is 10.8. The van der Waals surface area contributed by atoms with E-state index in [9.17, 15) is 10.1 Å². The van der Waals surface area contributed by atoms with Crippen LogP contribution >= 0.6 is 22.9 Å². The van der Waals surface area contributed by atoms with Gasteiger partial charge in [-0.05, 0) is 11.3 Å². The zero-order valence-corrected chi connectivity index (χ0v) is 9.96. The van der Waals surface area contributed by atoms with Crippen LogP contribution in [0.1, 0.15) is 5.69 Å². The lowest BCUT2D eigenvalue weighted by atomic mass is 10.4. The highest BCUT2D eigenvalue weighted by molar-refractivity contribution is 7.18. The van der Waals surface area contributed by atoms with E-state index in [0.29, 0.717) is 37.1 Å². The van der Waals surface area contributed by atoms with Crippen molar-refractivity contribution in [2.75, 3.05) is 31.2 Å². The molecular formula is C8H10ClN3O3S. The molecular weight excluding hydrogens is 254 g/mol. The molecule has 2 rings (SSSR count). The molecule has 0 radical (unpaired) electrons. The van der Waals surface area contributed by atoms with E-state index in [0.717, 1.165) is 11.3 Å². The second-order valence-corrected chi connectivity index (χ2v) is 4.46. The Hall–Kier alpha value is -0.920. The Labute approximate surface area is 101 Å². The van der Waals surface area contributed by atoms with Gasteiger partial charge in [-0.15, -0.1) is 11.6 Å². The minimum atomic E-state index is -0.431. The Morgan fingerprint density at radius 2 is 2.25 bits per heavy atom. The minimum absolute atomic E-state index is 0.0384. The standard InChI is InChI=1S/C8H10ClN3O3S/c9-5-6-7(12(13)14)16-8(10-6)11-1-3-15-4-2-11/h1-5H2. The molecule has 6 nitrogen and oxygen atoms in total. The average Bonchev–Trinajstić information content (AvgIpc) is 2.74. The normalized spacial score (nSPS) is 16.4. The fourth-order valence-corrected chi connectivity index (χ4v) is 2.67. The van der Waals surface area contributed by atoms with Crippen LogP contribution in [-0.2, 0) is 10.6 Å². The highest BCUT2D eigenvalue weighted by Crippen LogP contribution is 2.33. The summed E-state index contributed by atoms with van der Waals surface area (Å²) in [6, 6.07) is 0. The van der Waals surface area contributed by atoms with Crippen molar-refractivity contribution in [3.63, 3.8) is 0 Å². The molecule has 88 valence electrons. The first kappa shape index (κ1) is 11.6. The van der Waals surface area contributed by atoms with Crippen molar-refractivity contribution in [3.05, 3.63) is 15.8 Å². The van der Waals surface area contributed by atoms with Gasteiger partial charge in [0.15, 0.2) is 5.13 Å². The van der Waals surface area contributed by atoms with Crippen molar-refractivity contribution in [1.29, 1.82) is 0 Å². The van der Waals surface area contributed by atoms with Crippen LogP contribution in [0.25, 0.3) is 0 Å². The molecule has 1 aromatic rings. The highest BCUT2D eigenvalue weighted by Gasteiger charge is 2.24. The Bertz CT molecular complexity index is 392. The zero-order chi connectivity index (χ0) is 11.5. The summed E-state index contributed by atoms with van der Waals surface area (Å²) < 4.78 is 5.21. The Morgan fingerprint density at radius 3 is 2.75 bits per heavy atom. The van der Waals surface area contributed by atoms with E-state index in [1.165, 1.54) is 0 Å². The number of hydrogen-bond acceptors (Lipinski definition) is 6. The number of halogens is 1. The molecule has 1 aromatic heterocycles. The van der Waals surface area contributed by atoms with E-state index in [2.05, 4.69) is 4.98 Å². The predicted molar refractivity (Wildman–Crippen MR) is 61.4 cm³/mol. The Kier molecular flexibility index (Phi) is 3.57. The molecule has 1 fully saturated rings. The van der Waals surface area contributed by atoms with Crippen LogP contribution in [0.2, 0.25) is 0 Å². The summed E-state index contributed by atoms with van der Waals surface area (Å²) in [6.07, 6.45) is 0. The van der Waals surface area contributed by atoms with Gasteiger partial charge in [0.05, 0.1) is 24.0 Å². The van der Waals surface area contributed by atoms with Crippen molar-refractivity contribution in [1.82, 2.24) is 4.98 Å². The molecule has 0 atom stereocenters. The van der Waals surface area contributed by atoms with E-state index in [1.54, 1.807) is 0 Å².